The minimum absolute atomic E-state index is 0.00857. The molecule has 0 saturated carbocycles. The van der Waals surface area contributed by atoms with Gasteiger partial charge in [0.25, 0.3) is 0 Å². The lowest BCUT2D eigenvalue weighted by Gasteiger charge is -2.32. The van der Waals surface area contributed by atoms with Crippen LogP contribution in [-0.2, 0) is 24.4 Å². The fourth-order valence-electron chi connectivity index (χ4n) is 3.68. The summed E-state index contributed by atoms with van der Waals surface area (Å²) in [4.78, 5) is 22.5. The lowest BCUT2D eigenvalue weighted by Crippen LogP contribution is -2.39. The summed E-state index contributed by atoms with van der Waals surface area (Å²) in [6, 6.07) is 15.3. The summed E-state index contributed by atoms with van der Waals surface area (Å²) in [5.41, 5.74) is 4.09. The van der Waals surface area contributed by atoms with Crippen LogP contribution >= 0.6 is 11.6 Å². The van der Waals surface area contributed by atoms with Gasteiger partial charge in [-0.2, -0.15) is 0 Å². The van der Waals surface area contributed by atoms with Gasteiger partial charge < -0.3 is 9.84 Å². The topological polar surface area (TPSA) is 75.5 Å². The number of halogens is 1. The molecule has 1 unspecified atom stereocenters. The molecule has 0 spiro atoms. The third-order valence-electron chi connectivity index (χ3n) is 5.49. The van der Waals surface area contributed by atoms with Gasteiger partial charge in [-0.1, -0.05) is 23.7 Å². The Morgan fingerprint density at radius 3 is 2.65 bits per heavy atom. The summed E-state index contributed by atoms with van der Waals surface area (Å²) in [7, 11) is 0. The van der Waals surface area contributed by atoms with Crippen molar-refractivity contribution < 1.29 is 14.6 Å². The quantitative estimate of drug-likeness (QED) is 0.582. The molecule has 0 saturated heterocycles. The number of aromatic nitrogens is 2. The molecule has 31 heavy (non-hydrogen) atoms. The number of hydrogen-bond acceptors (Lipinski definition) is 5. The SMILES string of the molecule is CC(CC(=O)O)N1CCc2nc(-c3ccc(OCc4ccc(Cl)cc4)cc3)ncc2C1. The van der Waals surface area contributed by atoms with Gasteiger partial charge in [0.1, 0.15) is 12.4 Å². The van der Waals surface area contributed by atoms with E-state index < -0.39 is 5.97 Å². The second-order valence-electron chi connectivity index (χ2n) is 7.77. The smallest absolute Gasteiger partial charge is 0.304 e. The van der Waals surface area contributed by atoms with Crippen molar-refractivity contribution in [2.45, 2.75) is 39.0 Å². The Kier molecular flexibility index (Phi) is 6.49. The second-order valence-corrected chi connectivity index (χ2v) is 8.21. The van der Waals surface area contributed by atoms with Gasteiger partial charge in [-0.05, 0) is 48.9 Å². The van der Waals surface area contributed by atoms with Gasteiger partial charge in [-0.25, -0.2) is 9.97 Å². The summed E-state index contributed by atoms with van der Waals surface area (Å²) >= 11 is 5.91. The van der Waals surface area contributed by atoms with Gasteiger partial charge in [0.2, 0.25) is 0 Å². The van der Waals surface area contributed by atoms with Crippen molar-refractivity contribution in [2.24, 2.45) is 0 Å². The molecule has 6 nitrogen and oxygen atoms in total. The van der Waals surface area contributed by atoms with Crippen LogP contribution in [-0.4, -0.2) is 38.5 Å². The number of fused-ring (bicyclic) bond motifs is 1. The molecule has 0 fully saturated rings. The highest BCUT2D eigenvalue weighted by atomic mass is 35.5. The molecule has 0 aliphatic carbocycles. The van der Waals surface area contributed by atoms with Crippen LogP contribution < -0.4 is 4.74 Å². The van der Waals surface area contributed by atoms with Gasteiger partial charge in [0, 0.05) is 47.9 Å². The first-order chi connectivity index (χ1) is 15.0. The highest BCUT2D eigenvalue weighted by Crippen LogP contribution is 2.24. The largest absolute Gasteiger partial charge is 0.489 e. The van der Waals surface area contributed by atoms with Crippen molar-refractivity contribution in [1.82, 2.24) is 14.9 Å². The fraction of sp³-hybridized carbons (Fsp3) is 0.292. The summed E-state index contributed by atoms with van der Waals surface area (Å²) in [6.45, 7) is 3.91. The van der Waals surface area contributed by atoms with E-state index in [0.717, 1.165) is 41.1 Å². The number of rotatable bonds is 7. The molecule has 1 N–H and O–H groups in total. The average molecular weight is 438 g/mol. The van der Waals surface area contributed by atoms with Gasteiger partial charge in [0.05, 0.1) is 12.1 Å². The molecule has 2 heterocycles. The average Bonchev–Trinajstić information content (AvgIpc) is 2.78. The Hall–Kier alpha value is -2.96. The third kappa shape index (κ3) is 5.40. The number of benzene rings is 2. The number of nitrogens with zero attached hydrogens (tertiary/aromatic N) is 3. The maximum absolute atomic E-state index is 11.0. The minimum Gasteiger partial charge on any atom is -0.489 e. The highest BCUT2D eigenvalue weighted by molar-refractivity contribution is 6.30. The predicted molar refractivity (Wildman–Crippen MR) is 119 cm³/mol. The van der Waals surface area contributed by atoms with E-state index in [1.165, 1.54) is 0 Å². The second kappa shape index (κ2) is 9.45. The molecular weight excluding hydrogens is 414 g/mol. The van der Waals surface area contributed by atoms with Gasteiger partial charge >= 0.3 is 5.97 Å². The molecule has 4 rings (SSSR count). The Morgan fingerprint density at radius 2 is 1.94 bits per heavy atom. The number of hydrogen-bond donors (Lipinski definition) is 1. The normalized spacial score (nSPS) is 14.6. The highest BCUT2D eigenvalue weighted by Gasteiger charge is 2.23. The molecule has 1 aromatic heterocycles. The number of carboxylic acid groups (broad SMARTS) is 1. The number of carboxylic acids is 1. The van der Waals surface area contributed by atoms with E-state index in [-0.39, 0.29) is 12.5 Å². The Balaban J connectivity index is 1.40. The zero-order chi connectivity index (χ0) is 21.8. The molecular formula is C24H24ClN3O3. The third-order valence-corrected chi connectivity index (χ3v) is 5.74. The fourth-order valence-corrected chi connectivity index (χ4v) is 3.81. The molecule has 1 aliphatic rings. The van der Waals surface area contributed by atoms with E-state index in [4.69, 9.17) is 26.4 Å². The monoisotopic (exact) mass is 437 g/mol. The van der Waals surface area contributed by atoms with E-state index in [9.17, 15) is 4.79 Å². The first-order valence-corrected chi connectivity index (χ1v) is 10.6. The van der Waals surface area contributed by atoms with Crippen LogP contribution in [0.25, 0.3) is 11.4 Å². The number of ether oxygens (including phenoxy) is 1. The van der Waals surface area contributed by atoms with Crippen LogP contribution in [0.3, 0.4) is 0 Å². The minimum atomic E-state index is -0.773. The van der Waals surface area contributed by atoms with E-state index in [0.29, 0.717) is 24.0 Å². The molecule has 0 bridgehead atoms. The molecule has 0 radical (unpaired) electrons. The van der Waals surface area contributed by atoms with Crippen molar-refractivity contribution >= 4 is 17.6 Å². The Labute approximate surface area is 186 Å². The molecule has 160 valence electrons. The summed E-state index contributed by atoms with van der Waals surface area (Å²) in [6.07, 6.45) is 2.79. The number of aliphatic carboxylic acids is 1. The molecule has 1 aliphatic heterocycles. The summed E-state index contributed by atoms with van der Waals surface area (Å²) in [5, 5.41) is 9.74. The van der Waals surface area contributed by atoms with Gasteiger partial charge in [0.15, 0.2) is 5.82 Å². The summed E-state index contributed by atoms with van der Waals surface area (Å²) in [5.74, 6) is 0.695. The molecule has 0 amide bonds. The van der Waals surface area contributed by atoms with Crippen LogP contribution in [0.15, 0.2) is 54.7 Å². The Bertz CT molecular complexity index is 1050. The van der Waals surface area contributed by atoms with Crippen LogP contribution in [0.5, 0.6) is 5.75 Å². The van der Waals surface area contributed by atoms with E-state index in [1.807, 2.05) is 61.7 Å². The van der Waals surface area contributed by atoms with E-state index >= 15 is 0 Å². The molecule has 7 heteroatoms. The number of carbonyl (C=O) groups is 1. The first-order valence-electron chi connectivity index (χ1n) is 10.3. The predicted octanol–water partition coefficient (Wildman–Crippen LogP) is 4.60. The molecule has 3 aromatic rings. The van der Waals surface area contributed by atoms with Crippen LogP contribution in [0.4, 0.5) is 0 Å². The molecule has 1 atom stereocenters. The zero-order valence-electron chi connectivity index (χ0n) is 17.3. The Morgan fingerprint density at radius 1 is 1.19 bits per heavy atom. The van der Waals surface area contributed by atoms with Crippen molar-refractivity contribution in [3.05, 3.63) is 76.6 Å². The standard InChI is InChI=1S/C24H24ClN3O3/c1-16(12-23(29)30)28-11-10-22-19(14-28)13-26-24(27-22)18-4-8-21(9-5-18)31-15-17-2-6-20(25)7-3-17/h2-9,13,16H,10-12,14-15H2,1H3,(H,29,30). The maximum Gasteiger partial charge on any atom is 0.304 e. The van der Waals surface area contributed by atoms with Crippen LogP contribution in [0.1, 0.15) is 30.2 Å². The van der Waals surface area contributed by atoms with Crippen LogP contribution in [0.2, 0.25) is 5.02 Å². The van der Waals surface area contributed by atoms with Crippen molar-refractivity contribution in [3.8, 4) is 17.1 Å². The maximum atomic E-state index is 11.0. The summed E-state index contributed by atoms with van der Waals surface area (Å²) < 4.78 is 5.84. The van der Waals surface area contributed by atoms with E-state index in [2.05, 4.69) is 9.88 Å². The van der Waals surface area contributed by atoms with Crippen molar-refractivity contribution in [1.29, 1.82) is 0 Å². The lowest BCUT2D eigenvalue weighted by molar-refractivity contribution is -0.138. The van der Waals surface area contributed by atoms with Gasteiger partial charge in [-0.3, -0.25) is 9.69 Å². The van der Waals surface area contributed by atoms with Crippen molar-refractivity contribution in [2.75, 3.05) is 6.54 Å². The zero-order valence-corrected chi connectivity index (χ0v) is 18.0. The van der Waals surface area contributed by atoms with Gasteiger partial charge in [-0.15, -0.1) is 0 Å². The van der Waals surface area contributed by atoms with Crippen LogP contribution in [0, 0.1) is 0 Å². The first kappa shape index (κ1) is 21.3. The van der Waals surface area contributed by atoms with E-state index in [1.54, 1.807) is 0 Å². The molecule has 2 aromatic carbocycles. The lowest BCUT2D eigenvalue weighted by atomic mass is 10.0. The van der Waals surface area contributed by atoms with Crippen molar-refractivity contribution in [3.63, 3.8) is 0 Å².